The van der Waals surface area contributed by atoms with E-state index in [0.717, 1.165) is 42.8 Å². The molecule has 0 bridgehead atoms. The lowest BCUT2D eigenvalue weighted by molar-refractivity contribution is -0.132. The van der Waals surface area contributed by atoms with Crippen molar-refractivity contribution in [2.75, 3.05) is 45.8 Å². The van der Waals surface area contributed by atoms with Gasteiger partial charge in [0.15, 0.2) is 3.77 Å². The number of carbonyl (C=O) groups excluding carboxylic acids is 2. The molecule has 2 saturated heterocycles. The van der Waals surface area contributed by atoms with Crippen LogP contribution in [0.15, 0.2) is 22.6 Å². The van der Waals surface area contributed by atoms with Crippen LogP contribution in [0.3, 0.4) is 0 Å². The molecular formula is C17H22IN3O3. The fourth-order valence-electron chi connectivity index (χ4n) is 3.06. The van der Waals surface area contributed by atoms with Crippen molar-refractivity contribution >= 4 is 40.5 Å². The van der Waals surface area contributed by atoms with Gasteiger partial charge < -0.3 is 14.2 Å². The maximum atomic E-state index is 12.2. The third-order valence-corrected chi connectivity index (χ3v) is 5.07. The highest BCUT2D eigenvalue weighted by atomic mass is 127. The number of furan rings is 1. The normalized spacial score (nSPS) is 19.4. The lowest BCUT2D eigenvalue weighted by Gasteiger charge is -2.34. The number of nitrogens with zero attached hydrogens (tertiary/aromatic N) is 3. The number of likely N-dealkylation sites (tertiary alicyclic amines) is 1. The van der Waals surface area contributed by atoms with Gasteiger partial charge in [0.05, 0.1) is 6.54 Å². The molecule has 0 N–H and O–H groups in total. The number of hydrogen-bond acceptors (Lipinski definition) is 4. The maximum Gasteiger partial charge on any atom is 0.246 e. The van der Waals surface area contributed by atoms with Crippen LogP contribution in [-0.4, -0.2) is 72.3 Å². The highest BCUT2D eigenvalue weighted by Gasteiger charge is 2.24. The summed E-state index contributed by atoms with van der Waals surface area (Å²) in [7, 11) is 0. The summed E-state index contributed by atoms with van der Waals surface area (Å²) in [6.45, 7) is 5.08. The summed E-state index contributed by atoms with van der Waals surface area (Å²) in [6.07, 6.45) is 5.50. The molecular weight excluding hydrogens is 421 g/mol. The Morgan fingerprint density at radius 2 is 1.75 bits per heavy atom. The van der Waals surface area contributed by atoms with Gasteiger partial charge in [-0.05, 0) is 53.6 Å². The summed E-state index contributed by atoms with van der Waals surface area (Å²) in [5.41, 5.74) is 0. The lowest BCUT2D eigenvalue weighted by Crippen LogP contribution is -2.51. The Hall–Kier alpha value is -1.35. The Kier molecular flexibility index (Phi) is 5.94. The van der Waals surface area contributed by atoms with Crippen molar-refractivity contribution in [2.24, 2.45) is 0 Å². The van der Waals surface area contributed by atoms with Crippen LogP contribution in [0.5, 0.6) is 0 Å². The first-order valence-electron chi connectivity index (χ1n) is 8.34. The minimum absolute atomic E-state index is 0.00747. The minimum atomic E-state index is -0.00747. The molecule has 0 radical (unpaired) electrons. The van der Waals surface area contributed by atoms with Crippen LogP contribution in [0.1, 0.15) is 18.6 Å². The van der Waals surface area contributed by atoms with E-state index in [2.05, 4.69) is 27.5 Å². The van der Waals surface area contributed by atoms with E-state index in [1.807, 2.05) is 21.9 Å². The molecule has 130 valence electrons. The van der Waals surface area contributed by atoms with Crippen LogP contribution in [0.25, 0.3) is 6.08 Å². The Morgan fingerprint density at radius 1 is 1.04 bits per heavy atom. The molecule has 7 heteroatoms. The predicted octanol–water partition coefficient (Wildman–Crippen LogP) is 1.66. The third kappa shape index (κ3) is 4.60. The van der Waals surface area contributed by atoms with Crippen LogP contribution in [0, 0.1) is 3.77 Å². The second-order valence-corrected chi connectivity index (χ2v) is 7.23. The standard InChI is InChI=1S/C17H22IN3O3/c18-15-5-3-14(24-15)4-6-16(22)21-11-9-19(10-12-21)13-17(23)20-7-1-2-8-20/h3-6H,1-2,7-13H2/b6-4+. The Balaban J connectivity index is 1.43. The van der Waals surface area contributed by atoms with Crippen LogP contribution in [0.2, 0.25) is 0 Å². The van der Waals surface area contributed by atoms with Crippen molar-refractivity contribution in [3.63, 3.8) is 0 Å². The maximum absolute atomic E-state index is 12.2. The van der Waals surface area contributed by atoms with E-state index in [-0.39, 0.29) is 11.8 Å². The van der Waals surface area contributed by atoms with Crippen molar-refractivity contribution < 1.29 is 14.0 Å². The minimum Gasteiger partial charge on any atom is -0.451 e. The first-order chi connectivity index (χ1) is 11.6. The van der Waals surface area contributed by atoms with Crippen molar-refractivity contribution in [3.8, 4) is 0 Å². The molecule has 1 aromatic rings. The molecule has 1 aromatic heterocycles. The molecule has 0 saturated carbocycles. The van der Waals surface area contributed by atoms with Crippen LogP contribution in [0.4, 0.5) is 0 Å². The van der Waals surface area contributed by atoms with Crippen molar-refractivity contribution in [1.29, 1.82) is 0 Å². The van der Waals surface area contributed by atoms with Crippen molar-refractivity contribution in [3.05, 3.63) is 27.7 Å². The fourth-order valence-corrected chi connectivity index (χ4v) is 3.49. The smallest absolute Gasteiger partial charge is 0.246 e. The molecule has 0 unspecified atom stereocenters. The van der Waals surface area contributed by atoms with Gasteiger partial charge in [-0.15, -0.1) is 0 Å². The topological polar surface area (TPSA) is 57.0 Å². The molecule has 3 rings (SSSR count). The molecule has 0 aliphatic carbocycles. The lowest BCUT2D eigenvalue weighted by atomic mass is 10.3. The number of halogens is 1. The molecule has 0 aromatic carbocycles. The molecule has 6 nitrogen and oxygen atoms in total. The van der Waals surface area contributed by atoms with E-state index in [1.54, 1.807) is 12.2 Å². The van der Waals surface area contributed by atoms with Gasteiger partial charge in [-0.3, -0.25) is 14.5 Å². The van der Waals surface area contributed by atoms with E-state index in [9.17, 15) is 9.59 Å². The van der Waals surface area contributed by atoms with Crippen LogP contribution in [-0.2, 0) is 9.59 Å². The SMILES string of the molecule is O=C(/C=C/c1ccc(I)o1)N1CCN(CC(=O)N2CCCC2)CC1. The van der Waals surface area contributed by atoms with Crippen LogP contribution >= 0.6 is 22.6 Å². The van der Waals surface area contributed by atoms with Gasteiger partial charge in [0, 0.05) is 45.3 Å². The van der Waals surface area contributed by atoms with Crippen molar-refractivity contribution in [1.82, 2.24) is 14.7 Å². The zero-order chi connectivity index (χ0) is 16.9. The first kappa shape index (κ1) is 17.5. The molecule has 3 heterocycles. The Morgan fingerprint density at radius 3 is 2.38 bits per heavy atom. The molecule has 2 aliphatic heterocycles. The summed E-state index contributed by atoms with van der Waals surface area (Å²) >= 11 is 2.09. The van der Waals surface area contributed by atoms with E-state index in [1.165, 1.54) is 0 Å². The van der Waals surface area contributed by atoms with E-state index in [4.69, 9.17) is 4.42 Å². The van der Waals surface area contributed by atoms with Gasteiger partial charge >= 0.3 is 0 Å². The first-order valence-corrected chi connectivity index (χ1v) is 9.42. The molecule has 2 aliphatic rings. The van der Waals surface area contributed by atoms with Crippen LogP contribution < -0.4 is 0 Å². The second kappa shape index (κ2) is 8.15. The average molecular weight is 443 g/mol. The van der Waals surface area contributed by atoms with Crippen molar-refractivity contribution in [2.45, 2.75) is 12.8 Å². The summed E-state index contributed by atoms with van der Waals surface area (Å²) in [5.74, 6) is 0.897. The number of hydrogen-bond donors (Lipinski definition) is 0. The molecule has 2 amide bonds. The Bertz CT molecular complexity index is 614. The zero-order valence-corrected chi connectivity index (χ0v) is 15.8. The van der Waals surface area contributed by atoms with E-state index < -0.39 is 0 Å². The number of amides is 2. The fraction of sp³-hybridized carbons (Fsp3) is 0.529. The molecule has 24 heavy (non-hydrogen) atoms. The average Bonchev–Trinajstić information content (AvgIpc) is 3.25. The second-order valence-electron chi connectivity index (χ2n) is 6.16. The summed E-state index contributed by atoms with van der Waals surface area (Å²) < 4.78 is 6.21. The van der Waals surface area contributed by atoms with Gasteiger partial charge in [0.2, 0.25) is 11.8 Å². The summed E-state index contributed by atoms with van der Waals surface area (Å²) in [4.78, 5) is 30.3. The third-order valence-electron chi connectivity index (χ3n) is 4.49. The Labute approximate surface area is 155 Å². The number of rotatable bonds is 4. The zero-order valence-electron chi connectivity index (χ0n) is 13.6. The highest BCUT2D eigenvalue weighted by molar-refractivity contribution is 14.1. The van der Waals surface area contributed by atoms with Gasteiger partial charge in [0.25, 0.3) is 0 Å². The molecule has 0 spiro atoms. The number of carbonyl (C=O) groups is 2. The van der Waals surface area contributed by atoms with E-state index >= 15 is 0 Å². The highest BCUT2D eigenvalue weighted by Crippen LogP contribution is 2.12. The monoisotopic (exact) mass is 443 g/mol. The van der Waals surface area contributed by atoms with E-state index in [0.29, 0.717) is 25.4 Å². The predicted molar refractivity (Wildman–Crippen MR) is 99.3 cm³/mol. The van der Waals surface area contributed by atoms with Gasteiger partial charge in [-0.25, -0.2) is 0 Å². The van der Waals surface area contributed by atoms with Gasteiger partial charge in [-0.1, -0.05) is 0 Å². The van der Waals surface area contributed by atoms with Gasteiger partial charge in [0.1, 0.15) is 5.76 Å². The molecule has 0 atom stereocenters. The molecule has 2 fully saturated rings. The quantitative estimate of drug-likeness (QED) is 0.525. The van der Waals surface area contributed by atoms with Gasteiger partial charge in [-0.2, -0.15) is 0 Å². The summed E-state index contributed by atoms with van der Waals surface area (Å²) in [5, 5.41) is 0. The summed E-state index contributed by atoms with van der Waals surface area (Å²) in [6, 6.07) is 3.70. The largest absolute Gasteiger partial charge is 0.451 e. The number of piperazine rings is 1.